The van der Waals surface area contributed by atoms with Crippen LogP contribution in [0.5, 0.6) is 0 Å². The Balaban J connectivity index is 1.77. The number of carbonyl (C=O) groups is 3. The molecule has 1 atom stereocenters. The summed E-state index contributed by atoms with van der Waals surface area (Å²) in [5.74, 6) is -1.50. The van der Waals surface area contributed by atoms with Gasteiger partial charge in [0.15, 0.2) is 11.5 Å². The molecular formula is C21H27N7O5. The molecule has 1 fully saturated rings. The van der Waals surface area contributed by atoms with Crippen molar-refractivity contribution in [3.8, 4) is 0 Å². The summed E-state index contributed by atoms with van der Waals surface area (Å²) < 4.78 is 5.32. The predicted octanol–water partition coefficient (Wildman–Crippen LogP) is 1.91. The van der Waals surface area contributed by atoms with Crippen LogP contribution in [0.4, 0.5) is 22.2 Å². The average Bonchev–Trinajstić information content (AvgIpc) is 2.72. The van der Waals surface area contributed by atoms with Gasteiger partial charge in [-0.1, -0.05) is 0 Å². The number of ether oxygens (including phenoxy) is 1. The van der Waals surface area contributed by atoms with Crippen molar-refractivity contribution in [2.45, 2.75) is 45.3 Å². The van der Waals surface area contributed by atoms with E-state index in [1.165, 1.54) is 24.3 Å². The van der Waals surface area contributed by atoms with Crippen LogP contribution in [-0.2, 0) is 4.74 Å². The van der Waals surface area contributed by atoms with Gasteiger partial charge >= 0.3 is 12.1 Å². The van der Waals surface area contributed by atoms with Crippen LogP contribution >= 0.6 is 0 Å². The predicted molar refractivity (Wildman–Crippen MR) is 120 cm³/mol. The first-order valence-corrected chi connectivity index (χ1v) is 10.4. The lowest BCUT2D eigenvalue weighted by atomic mass is 10.1. The molecule has 0 bridgehead atoms. The molecule has 12 heteroatoms. The summed E-state index contributed by atoms with van der Waals surface area (Å²) >= 11 is 0. The Morgan fingerprint density at radius 3 is 2.48 bits per heavy atom. The van der Waals surface area contributed by atoms with Gasteiger partial charge < -0.3 is 31.1 Å². The fourth-order valence-corrected chi connectivity index (χ4v) is 3.29. The van der Waals surface area contributed by atoms with Crippen LogP contribution in [0.3, 0.4) is 0 Å². The second kappa shape index (κ2) is 9.67. The lowest BCUT2D eigenvalue weighted by Crippen LogP contribution is -2.49. The van der Waals surface area contributed by atoms with Crippen molar-refractivity contribution in [2.75, 3.05) is 23.3 Å². The number of aromatic carboxylic acids is 1. The molecule has 0 spiro atoms. The quantitative estimate of drug-likeness (QED) is 0.502. The van der Waals surface area contributed by atoms with Gasteiger partial charge in [0.25, 0.3) is 5.91 Å². The summed E-state index contributed by atoms with van der Waals surface area (Å²) in [4.78, 5) is 41.3. The Bertz CT molecular complexity index is 1040. The number of piperidine rings is 1. The van der Waals surface area contributed by atoms with E-state index in [9.17, 15) is 14.4 Å². The van der Waals surface area contributed by atoms with E-state index in [0.29, 0.717) is 18.8 Å². The second-order valence-electron chi connectivity index (χ2n) is 8.61. The normalized spacial score (nSPS) is 16.1. The van der Waals surface area contributed by atoms with E-state index in [2.05, 4.69) is 25.8 Å². The van der Waals surface area contributed by atoms with E-state index >= 15 is 0 Å². The molecule has 2 amide bonds. The number of nitrogens with two attached hydrogens (primary N) is 1. The van der Waals surface area contributed by atoms with Gasteiger partial charge in [0, 0.05) is 24.8 Å². The van der Waals surface area contributed by atoms with Crippen LogP contribution in [0.25, 0.3) is 0 Å². The van der Waals surface area contributed by atoms with Crippen LogP contribution in [0.15, 0.2) is 24.3 Å². The number of hydrogen-bond acceptors (Lipinski definition) is 9. The highest BCUT2D eigenvalue weighted by Gasteiger charge is 2.27. The van der Waals surface area contributed by atoms with Gasteiger partial charge in [0.2, 0.25) is 5.95 Å². The van der Waals surface area contributed by atoms with Crippen LogP contribution in [0.1, 0.15) is 54.5 Å². The first-order valence-electron chi connectivity index (χ1n) is 10.4. The number of nitrogens with one attached hydrogen (secondary N) is 2. The van der Waals surface area contributed by atoms with Crippen molar-refractivity contribution in [3.05, 3.63) is 35.5 Å². The van der Waals surface area contributed by atoms with Crippen LogP contribution < -0.4 is 21.3 Å². The van der Waals surface area contributed by atoms with E-state index in [1.807, 2.05) is 4.90 Å². The van der Waals surface area contributed by atoms with Crippen LogP contribution in [0, 0.1) is 0 Å². The molecule has 1 aromatic carbocycles. The van der Waals surface area contributed by atoms with Gasteiger partial charge in [-0.2, -0.15) is 4.98 Å². The molecule has 0 unspecified atom stereocenters. The number of carboxylic acid groups (broad SMARTS) is 1. The molecule has 0 aliphatic carbocycles. The van der Waals surface area contributed by atoms with E-state index in [0.717, 1.165) is 12.8 Å². The van der Waals surface area contributed by atoms with Crippen molar-refractivity contribution in [2.24, 2.45) is 5.73 Å². The number of amides is 2. The molecule has 12 nitrogen and oxygen atoms in total. The van der Waals surface area contributed by atoms with Crippen molar-refractivity contribution in [1.29, 1.82) is 0 Å². The fourth-order valence-electron chi connectivity index (χ4n) is 3.29. The molecule has 2 heterocycles. The Hall–Kier alpha value is -3.96. The van der Waals surface area contributed by atoms with Crippen molar-refractivity contribution >= 4 is 35.4 Å². The Kier molecular flexibility index (Phi) is 6.95. The monoisotopic (exact) mass is 457 g/mol. The maximum atomic E-state index is 12.1. The number of benzene rings is 1. The van der Waals surface area contributed by atoms with Gasteiger partial charge in [-0.15, -0.1) is 10.2 Å². The van der Waals surface area contributed by atoms with E-state index < -0.39 is 23.6 Å². The number of alkyl carbamates (subject to hydrolysis) is 1. The number of aromatic nitrogens is 3. The molecule has 1 aliphatic heterocycles. The highest BCUT2D eigenvalue weighted by molar-refractivity contribution is 5.96. The van der Waals surface area contributed by atoms with Gasteiger partial charge in [-0.25, -0.2) is 9.59 Å². The summed E-state index contributed by atoms with van der Waals surface area (Å²) in [5.41, 5.74) is 5.28. The Labute approximate surface area is 190 Å². The summed E-state index contributed by atoms with van der Waals surface area (Å²) in [6.45, 7) is 6.45. The van der Waals surface area contributed by atoms with Gasteiger partial charge in [-0.3, -0.25) is 4.79 Å². The van der Waals surface area contributed by atoms with E-state index in [-0.39, 0.29) is 29.1 Å². The molecular weight excluding hydrogens is 430 g/mol. The minimum Gasteiger partial charge on any atom is -0.478 e. The largest absolute Gasteiger partial charge is 0.478 e. The number of carbonyl (C=O) groups excluding carboxylic acids is 2. The number of carboxylic acids is 1. The molecule has 0 saturated carbocycles. The lowest BCUT2D eigenvalue weighted by Gasteiger charge is -2.33. The summed E-state index contributed by atoms with van der Waals surface area (Å²) in [7, 11) is 0. The zero-order valence-corrected chi connectivity index (χ0v) is 18.7. The smallest absolute Gasteiger partial charge is 0.407 e. The van der Waals surface area contributed by atoms with Gasteiger partial charge in [-0.05, 0) is 57.9 Å². The summed E-state index contributed by atoms with van der Waals surface area (Å²) in [6, 6.07) is 5.74. The molecule has 5 N–H and O–H groups in total. The number of hydrogen-bond donors (Lipinski definition) is 4. The minimum absolute atomic E-state index is 0.0952. The zero-order chi connectivity index (χ0) is 24.2. The maximum absolute atomic E-state index is 12.1. The SMILES string of the molecule is CC(C)(C)OC(=O)N[C@@H]1CCCN(c2nnc(C(N)=O)c(Nc3ccc(C(=O)O)cc3)n2)C1. The zero-order valence-electron chi connectivity index (χ0n) is 18.7. The van der Waals surface area contributed by atoms with Crippen molar-refractivity contribution in [1.82, 2.24) is 20.5 Å². The molecule has 1 saturated heterocycles. The first-order chi connectivity index (χ1) is 15.5. The molecule has 33 heavy (non-hydrogen) atoms. The Morgan fingerprint density at radius 2 is 1.88 bits per heavy atom. The number of anilines is 3. The number of primary amides is 1. The van der Waals surface area contributed by atoms with Crippen molar-refractivity contribution in [3.63, 3.8) is 0 Å². The van der Waals surface area contributed by atoms with E-state index in [4.69, 9.17) is 15.6 Å². The Morgan fingerprint density at radius 1 is 1.18 bits per heavy atom. The topological polar surface area (TPSA) is 173 Å². The highest BCUT2D eigenvalue weighted by Crippen LogP contribution is 2.22. The van der Waals surface area contributed by atoms with Gasteiger partial charge in [0.05, 0.1) is 5.56 Å². The third kappa shape index (κ3) is 6.51. The van der Waals surface area contributed by atoms with Gasteiger partial charge in [0.1, 0.15) is 5.60 Å². The first kappa shape index (κ1) is 23.7. The molecule has 0 radical (unpaired) electrons. The minimum atomic E-state index is -1.05. The summed E-state index contributed by atoms with van der Waals surface area (Å²) in [5, 5.41) is 22.8. The average molecular weight is 457 g/mol. The fraction of sp³-hybridized carbons (Fsp3) is 0.429. The molecule has 176 valence electrons. The third-order valence-corrected chi connectivity index (χ3v) is 4.73. The lowest BCUT2D eigenvalue weighted by molar-refractivity contribution is 0.0499. The molecule has 1 aliphatic rings. The second-order valence-corrected chi connectivity index (χ2v) is 8.61. The number of rotatable bonds is 6. The summed E-state index contributed by atoms with van der Waals surface area (Å²) in [6.07, 6.45) is 1.05. The van der Waals surface area contributed by atoms with Crippen LogP contribution in [0.2, 0.25) is 0 Å². The van der Waals surface area contributed by atoms with Crippen molar-refractivity contribution < 1.29 is 24.2 Å². The third-order valence-electron chi connectivity index (χ3n) is 4.73. The molecule has 1 aromatic heterocycles. The molecule has 3 rings (SSSR count). The van der Waals surface area contributed by atoms with Crippen LogP contribution in [-0.4, -0.2) is 63.0 Å². The standard InChI is InChI=1S/C21H27N7O5/c1-21(2,3)33-20(32)24-14-5-4-10-28(11-14)19-25-17(15(16(22)29)26-27-19)23-13-8-6-12(7-9-13)18(30)31/h6-9,14H,4-5,10-11H2,1-3H3,(H2,22,29)(H,24,32)(H,30,31)(H,23,25,27)/t14-/m1/s1. The maximum Gasteiger partial charge on any atom is 0.407 e. The molecule has 2 aromatic rings. The number of nitrogens with zero attached hydrogens (tertiary/aromatic N) is 4. The van der Waals surface area contributed by atoms with E-state index in [1.54, 1.807) is 20.8 Å². The highest BCUT2D eigenvalue weighted by atomic mass is 16.6.